The van der Waals surface area contributed by atoms with Crippen molar-refractivity contribution >= 4 is 0 Å². The van der Waals surface area contributed by atoms with E-state index < -0.39 is 0 Å². The Morgan fingerprint density at radius 1 is 1.47 bits per heavy atom. The molecule has 0 aliphatic carbocycles. The van der Waals surface area contributed by atoms with Crippen molar-refractivity contribution in [3.63, 3.8) is 0 Å². The Morgan fingerprint density at radius 2 is 2.24 bits per heavy atom. The molecule has 1 rings (SSSR count). The molecule has 92 valence electrons. The SMILES string of the molecule is COc1cc(CN(C)CCCN)ccc1C#N. The highest BCUT2D eigenvalue weighted by Gasteiger charge is 2.05. The zero-order valence-corrected chi connectivity index (χ0v) is 10.4. The summed E-state index contributed by atoms with van der Waals surface area (Å²) in [6, 6.07) is 7.78. The van der Waals surface area contributed by atoms with E-state index in [-0.39, 0.29) is 0 Å². The molecule has 0 unspecified atom stereocenters. The molecule has 0 amide bonds. The van der Waals surface area contributed by atoms with Gasteiger partial charge in [-0.15, -0.1) is 0 Å². The molecule has 0 radical (unpaired) electrons. The Bertz CT molecular complexity index is 398. The van der Waals surface area contributed by atoms with Gasteiger partial charge in [0, 0.05) is 6.54 Å². The molecule has 1 aromatic rings. The third-order valence-electron chi connectivity index (χ3n) is 2.58. The number of benzene rings is 1. The predicted molar refractivity (Wildman–Crippen MR) is 67.7 cm³/mol. The molecule has 0 heterocycles. The fourth-order valence-corrected chi connectivity index (χ4v) is 1.68. The van der Waals surface area contributed by atoms with Gasteiger partial charge in [0.25, 0.3) is 0 Å². The van der Waals surface area contributed by atoms with Gasteiger partial charge in [-0.25, -0.2) is 0 Å². The van der Waals surface area contributed by atoms with Gasteiger partial charge < -0.3 is 15.4 Å². The highest BCUT2D eigenvalue weighted by Crippen LogP contribution is 2.19. The van der Waals surface area contributed by atoms with Gasteiger partial charge in [-0.1, -0.05) is 6.07 Å². The fourth-order valence-electron chi connectivity index (χ4n) is 1.68. The monoisotopic (exact) mass is 233 g/mol. The molecule has 2 N–H and O–H groups in total. The summed E-state index contributed by atoms with van der Waals surface area (Å²) in [5.41, 5.74) is 7.18. The van der Waals surface area contributed by atoms with Crippen LogP contribution in [0.2, 0.25) is 0 Å². The first-order valence-corrected chi connectivity index (χ1v) is 5.67. The quantitative estimate of drug-likeness (QED) is 0.805. The van der Waals surface area contributed by atoms with E-state index >= 15 is 0 Å². The summed E-state index contributed by atoms with van der Waals surface area (Å²) in [5.74, 6) is 0.636. The van der Waals surface area contributed by atoms with Crippen LogP contribution in [-0.2, 0) is 6.54 Å². The maximum Gasteiger partial charge on any atom is 0.136 e. The highest BCUT2D eigenvalue weighted by atomic mass is 16.5. The molecule has 17 heavy (non-hydrogen) atoms. The largest absolute Gasteiger partial charge is 0.495 e. The summed E-state index contributed by atoms with van der Waals surface area (Å²) < 4.78 is 5.18. The minimum absolute atomic E-state index is 0.570. The van der Waals surface area contributed by atoms with Crippen LogP contribution >= 0.6 is 0 Å². The van der Waals surface area contributed by atoms with Gasteiger partial charge in [-0.3, -0.25) is 0 Å². The number of nitriles is 1. The van der Waals surface area contributed by atoms with Crippen molar-refractivity contribution < 1.29 is 4.74 Å². The van der Waals surface area contributed by atoms with Crippen LogP contribution in [0.5, 0.6) is 5.75 Å². The summed E-state index contributed by atoms with van der Waals surface area (Å²) >= 11 is 0. The average Bonchev–Trinajstić information content (AvgIpc) is 2.36. The first kappa shape index (κ1) is 13.5. The lowest BCUT2D eigenvalue weighted by atomic mass is 10.1. The molecule has 0 aromatic heterocycles. The van der Waals surface area contributed by atoms with E-state index in [1.54, 1.807) is 13.2 Å². The van der Waals surface area contributed by atoms with Crippen LogP contribution in [0.4, 0.5) is 0 Å². The Labute approximate surface area is 103 Å². The first-order chi connectivity index (χ1) is 8.21. The van der Waals surface area contributed by atoms with Gasteiger partial charge in [0.15, 0.2) is 0 Å². The fraction of sp³-hybridized carbons (Fsp3) is 0.462. The topological polar surface area (TPSA) is 62.3 Å². The zero-order valence-electron chi connectivity index (χ0n) is 10.4. The standard InChI is InChI=1S/C13H19N3O/c1-16(7-3-6-14)10-11-4-5-12(9-15)13(8-11)17-2/h4-5,8H,3,6-7,10,14H2,1-2H3. The normalized spacial score (nSPS) is 10.3. The highest BCUT2D eigenvalue weighted by molar-refractivity contribution is 5.45. The molecule has 4 heteroatoms. The minimum atomic E-state index is 0.570. The number of nitrogens with zero attached hydrogens (tertiary/aromatic N) is 2. The van der Waals surface area contributed by atoms with E-state index in [0.29, 0.717) is 17.9 Å². The van der Waals surface area contributed by atoms with Crippen LogP contribution in [0.3, 0.4) is 0 Å². The molecule has 0 atom stereocenters. The zero-order chi connectivity index (χ0) is 12.7. The van der Waals surface area contributed by atoms with Gasteiger partial charge in [0.05, 0.1) is 12.7 Å². The van der Waals surface area contributed by atoms with Crippen molar-refractivity contribution in [2.24, 2.45) is 5.73 Å². The number of rotatable bonds is 6. The van der Waals surface area contributed by atoms with E-state index in [1.165, 1.54) is 0 Å². The van der Waals surface area contributed by atoms with Gasteiger partial charge in [-0.05, 0) is 44.3 Å². The van der Waals surface area contributed by atoms with Gasteiger partial charge in [-0.2, -0.15) is 5.26 Å². The van der Waals surface area contributed by atoms with E-state index in [4.69, 9.17) is 15.7 Å². The van der Waals surface area contributed by atoms with Crippen LogP contribution in [0.15, 0.2) is 18.2 Å². The Balaban J connectivity index is 2.69. The average molecular weight is 233 g/mol. The Hall–Kier alpha value is -1.57. The van der Waals surface area contributed by atoms with Crippen molar-refractivity contribution in [1.29, 1.82) is 5.26 Å². The van der Waals surface area contributed by atoms with Crippen molar-refractivity contribution in [3.8, 4) is 11.8 Å². The van der Waals surface area contributed by atoms with Gasteiger partial charge >= 0.3 is 0 Å². The summed E-state index contributed by atoms with van der Waals surface area (Å²) in [5, 5.41) is 8.88. The molecule has 0 aliphatic heterocycles. The number of hydrogen-bond donors (Lipinski definition) is 1. The Kier molecular flexibility index (Phi) is 5.47. The van der Waals surface area contributed by atoms with E-state index in [9.17, 15) is 0 Å². The molecule has 0 spiro atoms. The lowest BCUT2D eigenvalue weighted by Crippen LogP contribution is -2.21. The summed E-state index contributed by atoms with van der Waals surface area (Å²) in [4.78, 5) is 2.20. The van der Waals surface area contributed by atoms with E-state index in [1.807, 2.05) is 12.1 Å². The van der Waals surface area contributed by atoms with Crippen LogP contribution in [0, 0.1) is 11.3 Å². The van der Waals surface area contributed by atoms with Crippen LogP contribution in [0.1, 0.15) is 17.5 Å². The molecule has 4 nitrogen and oxygen atoms in total. The molecule has 0 saturated carbocycles. The summed E-state index contributed by atoms with van der Waals surface area (Å²) in [6.45, 7) is 2.52. The predicted octanol–water partition coefficient (Wildman–Crippen LogP) is 1.35. The first-order valence-electron chi connectivity index (χ1n) is 5.67. The summed E-state index contributed by atoms with van der Waals surface area (Å²) in [6.07, 6.45) is 0.990. The number of methoxy groups -OCH3 is 1. The van der Waals surface area contributed by atoms with Gasteiger partial charge in [0.2, 0.25) is 0 Å². The molecule has 0 fully saturated rings. The smallest absolute Gasteiger partial charge is 0.136 e. The number of hydrogen-bond acceptors (Lipinski definition) is 4. The van der Waals surface area contributed by atoms with Crippen molar-refractivity contribution in [2.75, 3.05) is 27.2 Å². The lowest BCUT2D eigenvalue weighted by Gasteiger charge is -2.16. The van der Waals surface area contributed by atoms with Crippen LogP contribution in [-0.4, -0.2) is 32.1 Å². The molecular weight excluding hydrogens is 214 g/mol. The van der Waals surface area contributed by atoms with Crippen LogP contribution in [0.25, 0.3) is 0 Å². The third kappa shape index (κ3) is 4.06. The number of ether oxygens (including phenoxy) is 1. The van der Waals surface area contributed by atoms with E-state index in [0.717, 1.165) is 25.1 Å². The molecule has 0 bridgehead atoms. The molecular formula is C13H19N3O. The lowest BCUT2D eigenvalue weighted by molar-refractivity contribution is 0.323. The molecule has 0 saturated heterocycles. The van der Waals surface area contributed by atoms with E-state index in [2.05, 4.69) is 18.0 Å². The minimum Gasteiger partial charge on any atom is -0.495 e. The molecule has 0 aliphatic rings. The Morgan fingerprint density at radius 3 is 2.82 bits per heavy atom. The maximum absolute atomic E-state index is 8.88. The van der Waals surface area contributed by atoms with Crippen molar-refractivity contribution in [1.82, 2.24) is 4.90 Å². The summed E-state index contributed by atoms with van der Waals surface area (Å²) in [7, 11) is 3.64. The third-order valence-corrected chi connectivity index (χ3v) is 2.58. The van der Waals surface area contributed by atoms with Crippen molar-refractivity contribution in [3.05, 3.63) is 29.3 Å². The molecule has 1 aromatic carbocycles. The second-order valence-corrected chi connectivity index (χ2v) is 4.03. The van der Waals surface area contributed by atoms with Gasteiger partial charge in [0.1, 0.15) is 11.8 Å². The number of nitrogens with two attached hydrogens (primary N) is 1. The van der Waals surface area contributed by atoms with Crippen molar-refractivity contribution in [2.45, 2.75) is 13.0 Å². The van der Waals surface area contributed by atoms with Crippen LogP contribution < -0.4 is 10.5 Å². The second kappa shape index (κ2) is 6.89. The second-order valence-electron chi connectivity index (χ2n) is 4.03. The maximum atomic E-state index is 8.88.